The molecule has 36 heavy (non-hydrogen) atoms. The van der Waals surface area contributed by atoms with Crippen LogP contribution in [0.15, 0.2) is 42.5 Å². The summed E-state index contributed by atoms with van der Waals surface area (Å²) in [7, 11) is 0. The smallest absolute Gasteiger partial charge is 0.408 e. The third-order valence-corrected chi connectivity index (χ3v) is 5.64. The first-order chi connectivity index (χ1) is 16.9. The predicted molar refractivity (Wildman–Crippen MR) is 141 cm³/mol. The number of hydrogen-bond acceptors (Lipinski definition) is 7. The van der Waals surface area contributed by atoms with Gasteiger partial charge in [0, 0.05) is 18.0 Å². The fourth-order valence-electron chi connectivity index (χ4n) is 3.68. The number of aliphatic hydroxyl groups is 1. The van der Waals surface area contributed by atoms with Gasteiger partial charge in [-0.25, -0.2) is 4.79 Å². The highest BCUT2D eigenvalue weighted by Gasteiger charge is 2.36. The summed E-state index contributed by atoms with van der Waals surface area (Å²) < 4.78 is 5.26. The van der Waals surface area contributed by atoms with Crippen molar-refractivity contribution in [3.05, 3.63) is 59.2 Å². The van der Waals surface area contributed by atoms with E-state index in [2.05, 4.69) is 23.3 Å². The van der Waals surface area contributed by atoms with Crippen LogP contribution in [0.4, 0.5) is 10.5 Å². The lowest BCUT2D eigenvalue weighted by Crippen LogP contribution is -2.53. The molecular formula is C26H35N3O6S. The Hall–Kier alpha value is -3.24. The Bertz CT molecular complexity index is 1070. The number of para-hydroxylation sites is 1. The van der Waals surface area contributed by atoms with Gasteiger partial charge in [0.1, 0.15) is 23.4 Å². The molecule has 10 heteroatoms. The molecule has 196 valence electrons. The molecule has 3 amide bonds. The van der Waals surface area contributed by atoms with E-state index in [1.165, 1.54) is 12.1 Å². The molecule has 4 N–H and O–H groups in total. The van der Waals surface area contributed by atoms with Crippen LogP contribution in [0.5, 0.6) is 5.75 Å². The lowest BCUT2D eigenvalue weighted by Gasteiger charge is -2.34. The van der Waals surface area contributed by atoms with Crippen molar-refractivity contribution in [1.82, 2.24) is 10.2 Å². The number of aromatic hydroxyl groups is 1. The van der Waals surface area contributed by atoms with Gasteiger partial charge in [0.15, 0.2) is 0 Å². The molecular weight excluding hydrogens is 482 g/mol. The molecule has 2 unspecified atom stereocenters. The van der Waals surface area contributed by atoms with Crippen molar-refractivity contribution in [1.29, 1.82) is 0 Å². The Morgan fingerprint density at radius 3 is 2.22 bits per heavy atom. The number of aliphatic hydroxyl groups excluding tert-OH is 1. The average molecular weight is 518 g/mol. The summed E-state index contributed by atoms with van der Waals surface area (Å²) in [6.07, 6.45) is -0.812. The van der Waals surface area contributed by atoms with Crippen molar-refractivity contribution < 1.29 is 29.3 Å². The summed E-state index contributed by atoms with van der Waals surface area (Å²) in [5.74, 6) is -1.36. The van der Waals surface area contributed by atoms with Crippen molar-refractivity contribution in [3.8, 4) is 5.75 Å². The van der Waals surface area contributed by atoms with Gasteiger partial charge in [-0.15, -0.1) is 0 Å². The SMILES string of the molecule is Cc1cccc(C)c1NC(=O)C(c1cccc(O)c1)N(CCO)C(=O)C(CS)NC(=O)OC(C)(C)C. The van der Waals surface area contributed by atoms with E-state index in [9.17, 15) is 24.6 Å². The number of amides is 3. The summed E-state index contributed by atoms with van der Waals surface area (Å²) in [5, 5.41) is 25.2. The number of hydrogen-bond donors (Lipinski definition) is 5. The molecule has 0 aliphatic heterocycles. The van der Waals surface area contributed by atoms with Gasteiger partial charge in [-0.1, -0.05) is 30.3 Å². The second-order valence-electron chi connectivity index (χ2n) is 9.39. The highest BCUT2D eigenvalue weighted by molar-refractivity contribution is 7.80. The van der Waals surface area contributed by atoms with Crippen molar-refractivity contribution in [2.24, 2.45) is 0 Å². The van der Waals surface area contributed by atoms with Crippen molar-refractivity contribution in [2.45, 2.75) is 52.3 Å². The third-order valence-electron chi connectivity index (χ3n) is 5.27. The molecule has 0 spiro atoms. The van der Waals surface area contributed by atoms with E-state index in [0.717, 1.165) is 16.0 Å². The Labute approximate surface area is 217 Å². The minimum Gasteiger partial charge on any atom is -0.508 e. The molecule has 0 bridgehead atoms. The van der Waals surface area contributed by atoms with Gasteiger partial charge in [-0.3, -0.25) is 9.59 Å². The molecule has 0 aromatic heterocycles. The van der Waals surface area contributed by atoms with Crippen LogP contribution in [-0.2, 0) is 14.3 Å². The quantitative estimate of drug-likeness (QED) is 0.325. The highest BCUT2D eigenvalue weighted by Crippen LogP contribution is 2.28. The molecule has 0 saturated carbocycles. The number of carbonyl (C=O) groups is 3. The molecule has 0 fully saturated rings. The van der Waals surface area contributed by atoms with Crippen LogP contribution < -0.4 is 10.6 Å². The number of thiol groups is 1. The zero-order chi connectivity index (χ0) is 27.0. The predicted octanol–water partition coefficient (Wildman–Crippen LogP) is 3.33. The van der Waals surface area contributed by atoms with Gasteiger partial charge in [-0.05, 0) is 63.4 Å². The van der Waals surface area contributed by atoms with E-state index in [4.69, 9.17) is 4.74 Å². The molecule has 2 atom stereocenters. The lowest BCUT2D eigenvalue weighted by molar-refractivity contribution is -0.140. The second kappa shape index (κ2) is 12.6. The Morgan fingerprint density at radius 2 is 1.69 bits per heavy atom. The van der Waals surface area contributed by atoms with Crippen LogP contribution in [0.25, 0.3) is 0 Å². The number of alkyl carbamates (subject to hydrolysis) is 1. The normalized spacial score (nSPS) is 12.9. The van der Waals surface area contributed by atoms with Crippen LogP contribution in [0.2, 0.25) is 0 Å². The molecule has 0 aliphatic carbocycles. The largest absolute Gasteiger partial charge is 0.508 e. The van der Waals surface area contributed by atoms with Crippen LogP contribution in [0, 0.1) is 13.8 Å². The first kappa shape index (κ1) is 29.0. The zero-order valence-electron chi connectivity index (χ0n) is 21.2. The molecule has 9 nitrogen and oxygen atoms in total. The van der Waals surface area contributed by atoms with Crippen LogP contribution in [-0.4, -0.2) is 63.6 Å². The number of nitrogens with zero attached hydrogens (tertiary/aromatic N) is 1. The topological polar surface area (TPSA) is 128 Å². The first-order valence-electron chi connectivity index (χ1n) is 11.6. The van der Waals surface area contributed by atoms with E-state index >= 15 is 0 Å². The number of anilines is 1. The summed E-state index contributed by atoms with van der Waals surface area (Å²) in [5.41, 5.74) is 1.81. The molecule has 0 aliphatic rings. The maximum absolute atomic E-state index is 13.7. The van der Waals surface area contributed by atoms with Crippen LogP contribution in [0.1, 0.15) is 43.5 Å². The third kappa shape index (κ3) is 7.89. The molecule has 0 radical (unpaired) electrons. The fourth-order valence-corrected chi connectivity index (χ4v) is 3.93. The maximum Gasteiger partial charge on any atom is 0.408 e. The Kier molecular flexibility index (Phi) is 10.2. The van der Waals surface area contributed by atoms with Crippen molar-refractivity contribution in [3.63, 3.8) is 0 Å². The Morgan fingerprint density at radius 1 is 1.08 bits per heavy atom. The number of phenolic OH excluding ortho intramolecular Hbond substituents is 1. The monoisotopic (exact) mass is 517 g/mol. The highest BCUT2D eigenvalue weighted by atomic mass is 32.1. The summed E-state index contributed by atoms with van der Waals surface area (Å²) >= 11 is 4.21. The average Bonchev–Trinajstić information content (AvgIpc) is 2.78. The molecule has 2 aromatic carbocycles. The Balaban J connectivity index is 2.48. The summed E-state index contributed by atoms with van der Waals surface area (Å²) in [6.45, 7) is 8.13. The van der Waals surface area contributed by atoms with E-state index in [1.807, 2.05) is 32.0 Å². The number of ether oxygens (including phenoxy) is 1. The number of carbonyl (C=O) groups excluding carboxylic acids is 3. The fraction of sp³-hybridized carbons (Fsp3) is 0.423. The van der Waals surface area contributed by atoms with Gasteiger partial charge < -0.3 is 30.5 Å². The van der Waals surface area contributed by atoms with Crippen LogP contribution >= 0.6 is 12.6 Å². The number of benzene rings is 2. The standard InChI is InChI=1S/C26H35N3O6S/c1-16-8-6-9-17(2)21(16)28-23(32)22(18-10-7-11-19(31)14-18)29(12-13-30)24(33)20(15-36)27-25(34)35-26(3,4)5/h6-11,14,20,22,30-31,36H,12-13,15H2,1-5H3,(H,27,34)(H,28,32). The number of rotatable bonds is 9. The zero-order valence-corrected chi connectivity index (χ0v) is 22.1. The minimum absolute atomic E-state index is 0.0781. The van der Waals surface area contributed by atoms with Crippen molar-refractivity contribution >= 4 is 36.2 Å². The van der Waals surface area contributed by atoms with Crippen molar-refractivity contribution in [2.75, 3.05) is 24.2 Å². The van der Waals surface area contributed by atoms with Gasteiger partial charge in [0.25, 0.3) is 5.91 Å². The summed E-state index contributed by atoms with van der Waals surface area (Å²) in [6, 6.07) is 9.19. The lowest BCUT2D eigenvalue weighted by atomic mass is 10.0. The van der Waals surface area contributed by atoms with Gasteiger partial charge >= 0.3 is 6.09 Å². The maximum atomic E-state index is 13.7. The minimum atomic E-state index is -1.22. The summed E-state index contributed by atoms with van der Waals surface area (Å²) in [4.78, 5) is 40.8. The van der Waals surface area contributed by atoms with Crippen LogP contribution in [0.3, 0.4) is 0 Å². The van der Waals surface area contributed by atoms with E-state index < -0.39 is 42.2 Å². The number of nitrogens with one attached hydrogen (secondary N) is 2. The van der Waals surface area contributed by atoms with Gasteiger partial charge in [0.05, 0.1) is 6.61 Å². The molecule has 0 saturated heterocycles. The first-order valence-corrected chi connectivity index (χ1v) is 12.2. The van der Waals surface area contributed by atoms with Gasteiger partial charge in [0.2, 0.25) is 5.91 Å². The molecule has 2 aromatic rings. The number of phenols is 1. The van der Waals surface area contributed by atoms with E-state index in [1.54, 1.807) is 32.9 Å². The second-order valence-corrected chi connectivity index (χ2v) is 9.76. The van der Waals surface area contributed by atoms with E-state index in [-0.39, 0.29) is 18.0 Å². The van der Waals surface area contributed by atoms with Gasteiger partial charge in [-0.2, -0.15) is 12.6 Å². The molecule has 0 heterocycles. The van der Waals surface area contributed by atoms with E-state index in [0.29, 0.717) is 11.3 Å². The molecule has 2 rings (SSSR count). The number of aryl methyl sites for hydroxylation is 2.